The van der Waals surface area contributed by atoms with Crippen LogP contribution in [0, 0.1) is 0 Å². The summed E-state index contributed by atoms with van der Waals surface area (Å²) in [4.78, 5) is 10.5. The Kier molecular flexibility index (Phi) is 2.69. The number of nitrogens with two attached hydrogens (primary N) is 1. The Hall–Kier alpha value is -1.77. The lowest BCUT2D eigenvalue weighted by Gasteiger charge is -2.06. The second kappa shape index (κ2) is 3.76. The van der Waals surface area contributed by atoms with Gasteiger partial charge in [-0.2, -0.15) is 0 Å². The first-order valence-corrected chi connectivity index (χ1v) is 3.87. The molecule has 0 atom stereocenters. The molecule has 0 bridgehead atoms. The predicted molar refractivity (Wildman–Crippen MR) is 51.8 cm³/mol. The Labute approximate surface area is 76.5 Å². The SMILES string of the molecule is C=CCc1ccc(O)c(C=O)c1N. The highest BCUT2D eigenvalue weighted by Crippen LogP contribution is 2.25. The van der Waals surface area contributed by atoms with Crippen LogP contribution in [-0.4, -0.2) is 11.4 Å². The number of allylic oxidation sites excluding steroid dienone is 1. The second-order valence-electron chi connectivity index (χ2n) is 2.68. The fourth-order valence-electron chi connectivity index (χ4n) is 1.13. The first-order valence-electron chi connectivity index (χ1n) is 3.87. The quantitative estimate of drug-likeness (QED) is 0.418. The van der Waals surface area contributed by atoms with E-state index in [1.807, 2.05) is 0 Å². The Balaban J connectivity index is 3.26. The van der Waals surface area contributed by atoms with Crippen LogP contribution in [0.4, 0.5) is 5.69 Å². The summed E-state index contributed by atoms with van der Waals surface area (Å²) < 4.78 is 0. The summed E-state index contributed by atoms with van der Waals surface area (Å²) in [6.45, 7) is 3.57. The molecule has 0 saturated heterocycles. The summed E-state index contributed by atoms with van der Waals surface area (Å²) in [6.07, 6.45) is 2.83. The van der Waals surface area contributed by atoms with Gasteiger partial charge in [-0.05, 0) is 18.1 Å². The monoisotopic (exact) mass is 177 g/mol. The Bertz CT molecular complexity index is 345. The zero-order chi connectivity index (χ0) is 9.84. The first kappa shape index (κ1) is 9.32. The zero-order valence-corrected chi connectivity index (χ0v) is 7.16. The number of rotatable bonds is 3. The van der Waals surface area contributed by atoms with Gasteiger partial charge in [0, 0.05) is 5.69 Å². The van der Waals surface area contributed by atoms with Crippen molar-refractivity contribution < 1.29 is 9.90 Å². The summed E-state index contributed by atoms with van der Waals surface area (Å²) in [5.74, 6) is -0.0830. The zero-order valence-electron chi connectivity index (χ0n) is 7.16. The topological polar surface area (TPSA) is 63.3 Å². The van der Waals surface area contributed by atoms with E-state index in [-0.39, 0.29) is 11.3 Å². The van der Waals surface area contributed by atoms with Crippen LogP contribution in [0.1, 0.15) is 15.9 Å². The van der Waals surface area contributed by atoms with Gasteiger partial charge in [-0.1, -0.05) is 12.1 Å². The molecule has 1 aromatic rings. The lowest BCUT2D eigenvalue weighted by molar-refractivity contribution is 0.112. The first-order chi connectivity index (χ1) is 6.20. The van der Waals surface area contributed by atoms with Gasteiger partial charge in [0.05, 0.1) is 5.56 Å². The lowest BCUT2D eigenvalue weighted by atomic mass is 10.0. The summed E-state index contributed by atoms with van der Waals surface area (Å²) in [7, 11) is 0. The van der Waals surface area contributed by atoms with E-state index in [1.165, 1.54) is 6.07 Å². The highest BCUT2D eigenvalue weighted by Gasteiger charge is 2.07. The number of carbonyl (C=O) groups excluding carboxylic acids is 1. The maximum absolute atomic E-state index is 10.5. The van der Waals surface area contributed by atoms with Crippen LogP contribution in [0.25, 0.3) is 0 Å². The normalized spacial score (nSPS) is 9.54. The van der Waals surface area contributed by atoms with E-state index >= 15 is 0 Å². The molecule has 3 nitrogen and oxygen atoms in total. The van der Waals surface area contributed by atoms with Crippen molar-refractivity contribution in [1.82, 2.24) is 0 Å². The number of phenols is 1. The molecule has 1 rings (SSSR count). The molecule has 0 radical (unpaired) electrons. The number of aromatic hydroxyl groups is 1. The van der Waals surface area contributed by atoms with Crippen LogP contribution in [0.5, 0.6) is 5.75 Å². The van der Waals surface area contributed by atoms with Crippen molar-refractivity contribution in [3.8, 4) is 5.75 Å². The van der Waals surface area contributed by atoms with Crippen LogP contribution in [0.3, 0.4) is 0 Å². The molecule has 0 aromatic heterocycles. The molecule has 0 aliphatic rings. The third-order valence-electron chi connectivity index (χ3n) is 1.84. The van der Waals surface area contributed by atoms with Crippen LogP contribution >= 0.6 is 0 Å². The standard InChI is InChI=1S/C10H11NO2/c1-2-3-7-4-5-9(13)8(6-12)10(7)11/h2,4-6,13H,1,3,11H2. The fourth-order valence-corrected chi connectivity index (χ4v) is 1.13. The maximum Gasteiger partial charge on any atom is 0.155 e. The number of benzene rings is 1. The van der Waals surface area contributed by atoms with Crippen molar-refractivity contribution in [3.63, 3.8) is 0 Å². The van der Waals surface area contributed by atoms with E-state index in [9.17, 15) is 9.90 Å². The molecule has 3 N–H and O–H groups in total. The number of hydrogen-bond donors (Lipinski definition) is 2. The minimum atomic E-state index is -0.0830. The largest absolute Gasteiger partial charge is 0.507 e. The van der Waals surface area contributed by atoms with Crippen LogP contribution in [-0.2, 0) is 6.42 Å². The van der Waals surface area contributed by atoms with Crippen LogP contribution in [0.2, 0.25) is 0 Å². The van der Waals surface area contributed by atoms with Crippen molar-refractivity contribution in [2.24, 2.45) is 0 Å². The van der Waals surface area contributed by atoms with Gasteiger partial charge in [0.15, 0.2) is 6.29 Å². The van der Waals surface area contributed by atoms with Crippen LogP contribution < -0.4 is 5.73 Å². The molecule has 0 fully saturated rings. The maximum atomic E-state index is 10.5. The second-order valence-corrected chi connectivity index (χ2v) is 2.68. The molecule has 3 heteroatoms. The van der Waals surface area contributed by atoms with Crippen molar-refractivity contribution in [3.05, 3.63) is 35.9 Å². The molecule has 68 valence electrons. The highest BCUT2D eigenvalue weighted by molar-refractivity contribution is 5.88. The Morgan fingerprint density at radius 2 is 2.23 bits per heavy atom. The molecule has 1 aromatic carbocycles. The third kappa shape index (κ3) is 1.69. The van der Waals surface area contributed by atoms with Crippen molar-refractivity contribution in [1.29, 1.82) is 0 Å². The molecule has 0 spiro atoms. The molecule has 0 aliphatic heterocycles. The van der Waals surface area contributed by atoms with Gasteiger partial charge in [-0.3, -0.25) is 4.79 Å². The summed E-state index contributed by atoms with van der Waals surface area (Å²) >= 11 is 0. The lowest BCUT2D eigenvalue weighted by Crippen LogP contribution is -1.98. The molecule has 0 amide bonds. The number of carbonyl (C=O) groups is 1. The summed E-state index contributed by atoms with van der Waals surface area (Å²) in [5, 5.41) is 9.25. The van der Waals surface area contributed by atoms with Gasteiger partial charge < -0.3 is 10.8 Å². The van der Waals surface area contributed by atoms with E-state index in [2.05, 4.69) is 6.58 Å². The molecule has 0 saturated carbocycles. The summed E-state index contributed by atoms with van der Waals surface area (Å²) in [5.41, 5.74) is 6.92. The average molecular weight is 177 g/mol. The minimum absolute atomic E-state index is 0.0830. The van der Waals surface area contributed by atoms with Gasteiger partial charge >= 0.3 is 0 Å². The van der Waals surface area contributed by atoms with E-state index in [1.54, 1.807) is 12.1 Å². The van der Waals surface area contributed by atoms with Crippen molar-refractivity contribution in [2.75, 3.05) is 5.73 Å². The van der Waals surface area contributed by atoms with Gasteiger partial charge in [-0.25, -0.2) is 0 Å². The van der Waals surface area contributed by atoms with Gasteiger partial charge in [0.1, 0.15) is 5.75 Å². The predicted octanol–water partition coefficient (Wildman–Crippen LogP) is 1.52. The molecule has 0 heterocycles. The van der Waals surface area contributed by atoms with E-state index in [0.717, 1.165) is 5.56 Å². The number of nitrogen functional groups attached to an aromatic ring is 1. The number of hydrogen-bond acceptors (Lipinski definition) is 3. The number of aldehydes is 1. The van der Waals surface area contributed by atoms with Gasteiger partial charge in [-0.15, -0.1) is 6.58 Å². The van der Waals surface area contributed by atoms with E-state index < -0.39 is 0 Å². The van der Waals surface area contributed by atoms with E-state index in [4.69, 9.17) is 5.73 Å². The summed E-state index contributed by atoms with van der Waals surface area (Å²) in [6, 6.07) is 3.14. The number of phenolic OH excluding ortho intramolecular Hbond substituents is 1. The van der Waals surface area contributed by atoms with Gasteiger partial charge in [0.2, 0.25) is 0 Å². The average Bonchev–Trinajstić information content (AvgIpc) is 2.11. The number of anilines is 1. The van der Waals surface area contributed by atoms with Crippen LogP contribution in [0.15, 0.2) is 24.8 Å². The molecule has 0 aliphatic carbocycles. The third-order valence-corrected chi connectivity index (χ3v) is 1.84. The Morgan fingerprint density at radius 3 is 2.77 bits per heavy atom. The van der Waals surface area contributed by atoms with E-state index in [0.29, 0.717) is 18.4 Å². The van der Waals surface area contributed by atoms with Crippen molar-refractivity contribution in [2.45, 2.75) is 6.42 Å². The molecule has 13 heavy (non-hydrogen) atoms. The smallest absolute Gasteiger partial charge is 0.155 e. The molecular weight excluding hydrogens is 166 g/mol. The minimum Gasteiger partial charge on any atom is -0.507 e. The van der Waals surface area contributed by atoms with Crippen molar-refractivity contribution >= 4 is 12.0 Å². The molecular formula is C10H11NO2. The Morgan fingerprint density at radius 1 is 1.54 bits per heavy atom. The van der Waals surface area contributed by atoms with Gasteiger partial charge in [0.25, 0.3) is 0 Å². The highest BCUT2D eigenvalue weighted by atomic mass is 16.3. The molecule has 0 unspecified atom stereocenters. The fraction of sp³-hybridized carbons (Fsp3) is 0.100.